The number of hydrogen-bond acceptors (Lipinski definition) is 1. The number of para-hydroxylation sites is 3. The van der Waals surface area contributed by atoms with Crippen LogP contribution in [0.2, 0.25) is 0 Å². The van der Waals surface area contributed by atoms with Gasteiger partial charge in [0.05, 0.1) is 11.0 Å². The fourth-order valence-corrected chi connectivity index (χ4v) is 11.8. The van der Waals surface area contributed by atoms with Crippen molar-refractivity contribution >= 4 is 38.9 Å². The highest BCUT2D eigenvalue weighted by Gasteiger charge is 2.38. The third kappa shape index (κ3) is 6.03. The maximum atomic E-state index is 2.48. The fourth-order valence-electron chi connectivity index (χ4n) is 11.8. The van der Waals surface area contributed by atoms with Gasteiger partial charge in [0.2, 0.25) is 0 Å². The van der Waals surface area contributed by atoms with E-state index in [2.05, 4.69) is 268 Å². The van der Waals surface area contributed by atoms with E-state index in [1.54, 1.807) is 0 Å². The third-order valence-electron chi connectivity index (χ3n) is 15.2. The van der Waals surface area contributed by atoms with E-state index in [-0.39, 0.29) is 10.8 Å². The molecule has 0 fully saturated rings. The van der Waals surface area contributed by atoms with Gasteiger partial charge in [-0.3, -0.25) is 0 Å². The van der Waals surface area contributed by atoms with E-state index >= 15 is 0 Å². The summed E-state index contributed by atoms with van der Waals surface area (Å²) in [5, 5.41) is 2.50. The summed E-state index contributed by atoms with van der Waals surface area (Å²) >= 11 is 0. The second-order valence-corrected chi connectivity index (χ2v) is 19.7. The molecule has 68 heavy (non-hydrogen) atoms. The molecule has 0 N–H and O–H groups in total. The van der Waals surface area contributed by atoms with Crippen molar-refractivity contribution < 1.29 is 0 Å². The van der Waals surface area contributed by atoms with Gasteiger partial charge in [-0.15, -0.1) is 0 Å². The lowest BCUT2D eigenvalue weighted by Gasteiger charge is -2.30. The summed E-state index contributed by atoms with van der Waals surface area (Å²) in [7, 11) is 0. The van der Waals surface area contributed by atoms with E-state index in [4.69, 9.17) is 0 Å². The minimum atomic E-state index is -0.133. The average Bonchev–Trinajstić information content (AvgIpc) is 3.94. The summed E-state index contributed by atoms with van der Waals surface area (Å²) in [6, 6.07) is 85.6. The number of hydrogen-bond donors (Lipinski definition) is 0. The Hall–Kier alpha value is -8.20. The predicted octanol–water partition coefficient (Wildman–Crippen LogP) is 17.9. The normalized spacial score (nSPS) is 13.8. The van der Waals surface area contributed by atoms with Gasteiger partial charge in [0.1, 0.15) is 0 Å². The summed E-state index contributed by atoms with van der Waals surface area (Å²) in [5.74, 6) is 0. The molecule has 324 valence electrons. The van der Waals surface area contributed by atoms with Crippen molar-refractivity contribution in [2.75, 3.05) is 4.90 Å². The number of nitrogens with zero attached hydrogens (tertiary/aromatic N) is 2. The van der Waals surface area contributed by atoms with Crippen LogP contribution >= 0.6 is 0 Å². The SMILES string of the molecule is CC1(C)c2ccccc2-c2ccc(N(c3cccc(-c4ccc(-c5cccc6c7ccccc7n(-c7ccccc7)c56)c(-c5ccccc5)c4)c3)c3ccc4c(c3)C(C)(C)c3ccccc3-4)cc21. The Morgan fingerprint density at radius 3 is 1.47 bits per heavy atom. The van der Waals surface area contributed by atoms with Gasteiger partial charge >= 0.3 is 0 Å². The lowest BCUT2D eigenvalue weighted by molar-refractivity contribution is 0.660. The molecule has 2 heteroatoms. The molecule has 0 saturated carbocycles. The maximum absolute atomic E-state index is 2.48. The van der Waals surface area contributed by atoms with Gasteiger partial charge in [-0.1, -0.05) is 198 Å². The van der Waals surface area contributed by atoms with E-state index < -0.39 is 0 Å². The largest absolute Gasteiger partial charge is 0.310 e. The standard InChI is InChI=1S/C66H50N2/c1-65(2)59-30-14-11-25-51(59)53-37-34-48(41-61(53)65)67(49-35-38-54-52-26-12-15-31-60(52)66(3,4)62(54)42-49)47-24-17-21-44(39-47)45-33-36-50(58(40-45)43-19-7-5-8-20-43)56-28-18-29-57-55-27-13-16-32-63(55)68(64(56)57)46-22-9-6-10-23-46/h5-42H,1-4H3. The third-order valence-corrected chi connectivity index (χ3v) is 15.2. The van der Waals surface area contributed by atoms with E-state index in [1.165, 1.54) is 94.1 Å². The molecule has 0 amide bonds. The van der Waals surface area contributed by atoms with Crippen LogP contribution in [0.1, 0.15) is 49.9 Å². The number of aromatic nitrogens is 1. The number of rotatable bonds is 7. The summed E-state index contributed by atoms with van der Waals surface area (Å²) in [4.78, 5) is 2.48. The maximum Gasteiger partial charge on any atom is 0.0619 e. The Bertz CT molecular complexity index is 3690. The molecule has 2 aliphatic rings. The smallest absolute Gasteiger partial charge is 0.0619 e. The molecule has 0 unspecified atom stereocenters. The molecule has 1 aromatic heterocycles. The first-order valence-corrected chi connectivity index (χ1v) is 23.9. The van der Waals surface area contributed by atoms with Gasteiger partial charge < -0.3 is 9.47 Å². The molecule has 0 spiro atoms. The van der Waals surface area contributed by atoms with E-state index in [1.807, 2.05) is 0 Å². The minimum Gasteiger partial charge on any atom is -0.310 e. The average molecular weight is 871 g/mol. The van der Waals surface area contributed by atoms with Crippen molar-refractivity contribution in [2.45, 2.75) is 38.5 Å². The zero-order valence-corrected chi connectivity index (χ0v) is 38.8. The predicted molar refractivity (Wildman–Crippen MR) is 287 cm³/mol. The van der Waals surface area contributed by atoms with E-state index in [0.717, 1.165) is 28.3 Å². The molecular weight excluding hydrogens is 821 g/mol. The lowest BCUT2D eigenvalue weighted by Crippen LogP contribution is -2.18. The molecule has 13 rings (SSSR count). The molecule has 2 aliphatic carbocycles. The van der Waals surface area contributed by atoms with Crippen LogP contribution in [0.25, 0.3) is 83.1 Å². The molecular formula is C66H50N2. The summed E-state index contributed by atoms with van der Waals surface area (Å²) < 4.78 is 2.44. The van der Waals surface area contributed by atoms with Gasteiger partial charge in [-0.05, 0) is 133 Å². The Labute approximate surface area is 399 Å². The molecule has 2 nitrogen and oxygen atoms in total. The van der Waals surface area contributed by atoms with Gasteiger partial charge in [0.25, 0.3) is 0 Å². The van der Waals surface area contributed by atoms with E-state index in [0.29, 0.717) is 0 Å². The van der Waals surface area contributed by atoms with Crippen molar-refractivity contribution in [1.29, 1.82) is 0 Å². The molecule has 0 radical (unpaired) electrons. The number of benzene rings is 10. The molecule has 0 bridgehead atoms. The van der Waals surface area contributed by atoms with Crippen LogP contribution in [0.4, 0.5) is 17.1 Å². The highest BCUT2D eigenvalue weighted by atomic mass is 15.1. The van der Waals surface area contributed by atoms with Gasteiger partial charge in [-0.25, -0.2) is 0 Å². The van der Waals surface area contributed by atoms with Crippen LogP contribution in [0.3, 0.4) is 0 Å². The quantitative estimate of drug-likeness (QED) is 0.155. The van der Waals surface area contributed by atoms with E-state index in [9.17, 15) is 0 Å². The highest BCUT2D eigenvalue weighted by Crippen LogP contribution is 2.53. The lowest BCUT2D eigenvalue weighted by atomic mass is 9.82. The summed E-state index contributed by atoms with van der Waals surface area (Å²) in [6.07, 6.45) is 0. The van der Waals surface area contributed by atoms with Crippen molar-refractivity contribution in [3.8, 4) is 61.3 Å². The van der Waals surface area contributed by atoms with Crippen LogP contribution in [0.5, 0.6) is 0 Å². The number of fused-ring (bicyclic) bond motifs is 9. The van der Waals surface area contributed by atoms with Crippen molar-refractivity contribution in [1.82, 2.24) is 4.57 Å². The summed E-state index contributed by atoms with van der Waals surface area (Å²) in [5.41, 5.74) is 24.6. The van der Waals surface area contributed by atoms with Gasteiger partial charge in [-0.2, -0.15) is 0 Å². The molecule has 0 aliphatic heterocycles. The fraction of sp³-hybridized carbons (Fsp3) is 0.0909. The molecule has 0 saturated heterocycles. The van der Waals surface area contributed by atoms with Crippen LogP contribution in [0, 0.1) is 0 Å². The molecule has 10 aromatic carbocycles. The number of anilines is 3. The first-order chi connectivity index (χ1) is 33.3. The van der Waals surface area contributed by atoms with Crippen LogP contribution in [-0.2, 0) is 10.8 Å². The van der Waals surface area contributed by atoms with Gasteiger partial charge in [0, 0.05) is 49.9 Å². The second kappa shape index (κ2) is 15.2. The highest BCUT2D eigenvalue weighted by molar-refractivity contribution is 6.14. The monoisotopic (exact) mass is 870 g/mol. The molecule has 1 heterocycles. The Balaban J connectivity index is 0.989. The summed E-state index contributed by atoms with van der Waals surface area (Å²) in [6.45, 7) is 9.49. The Morgan fingerprint density at radius 1 is 0.309 bits per heavy atom. The zero-order valence-electron chi connectivity index (χ0n) is 38.8. The first kappa shape index (κ1) is 40.1. The van der Waals surface area contributed by atoms with Crippen LogP contribution < -0.4 is 4.90 Å². The molecule has 11 aromatic rings. The Kier molecular flexibility index (Phi) is 8.95. The Morgan fingerprint density at radius 2 is 0.794 bits per heavy atom. The minimum absolute atomic E-state index is 0.133. The second-order valence-electron chi connectivity index (χ2n) is 19.7. The topological polar surface area (TPSA) is 8.17 Å². The molecule has 0 atom stereocenters. The first-order valence-electron chi connectivity index (χ1n) is 23.9. The zero-order chi connectivity index (χ0) is 45.7. The van der Waals surface area contributed by atoms with Crippen LogP contribution in [-0.4, -0.2) is 4.57 Å². The van der Waals surface area contributed by atoms with Gasteiger partial charge in [0.15, 0.2) is 0 Å². The van der Waals surface area contributed by atoms with Crippen molar-refractivity contribution in [2.24, 2.45) is 0 Å². The van der Waals surface area contributed by atoms with Crippen molar-refractivity contribution in [3.05, 3.63) is 253 Å². The van der Waals surface area contributed by atoms with Crippen LogP contribution in [0.15, 0.2) is 231 Å². The van der Waals surface area contributed by atoms with Crippen molar-refractivity contribution in [3.63, 3.8) is 0 Å².